The van der Waals surface area contributed by atoms with Gasteiger partial charge in [0.15, 0.2) is 5.69 Å². The molecule has 3 rings (SSSR count). The normalized spacial score (nSPS) is 10.6. The van der Waals surface area contributed by atoms with Crippen LogP contribution in [0.3, 0.4) is 0 Å². The number of nitrogens with zero attached hydrogens (tertiary/aromatic N) is 2. The zero-order valence-corrected chi connectivity index (χ0v) is 15.9. The number of aromatic nitrogens is 2. The van der Waals surface area contributed by atoms with Crippen molar-refractivity contribution in [1.82, 2.24) is 15.1 Å². The highest BCUT2D eigenvalue weighted by Gasteiger charge is 2.14. The molecule has 0 fully saturated rings. The van der Waals surface area contributed by atoms with E-state index in [2.05, 4.69) is 22.5 Å². The molecule has 0 aliphatic heterocycles. The number of thioether (sulfide) groups is 1. The van der Waals surface area contributed by atoms with E-state index in [-0.39, 0.29) is 11.1 Å². The maximum atomic E-state index is 12.4. The zero-order chi connectivity index (χ0) is 19.1. The third kappa shape index (κ3) is 5.08. The first-order chi connectivity index (χ1) is 13.1. The summed E-state index contributed by atoms with van der Waals surface area (Å²) in [4.78, 5) is 25.8. The standard InChI is InChI=1S/C21H21N3O2S/c1-16-15-19(25)20(23-24(16)17-9-4-2-5-10-17)21(26)22-13-8-14-27-18-11-6-3-7-12-18/h2-7,9-12,15H,8,13-14H2,1H3,(H,22,26). The minimum atomic E-state index is -0.436. The number of nitrogens with one attached hydrogen (secondary N) is 1. The number of rotatable bonds is 7. The summed E-state index contributed by atoms with van der Waals surface area (Å²) >= 11 is 1.74. The zero-order valence-electron chi connectivity index (χ0n) is 15.1. The van der Waals surface area contributed by atoms with E-state index in [1.54, 1.807) is 23.4 Å². The van der Waals surface area contributed by atoms with Crippen molar-refractivity contribution in [2.24, 2.45) is 0 Å². The molecule has 1 heterocycles. The third-order valence-electron chi connectivity index (χ3n) is 3.94. The lowest BCUT2D eigenvalue weighted by Gasteiger charge is -2.11. The van der Waals surface area contributed by atoms with Crippen LogP contribution in [0.1, 0.15) is 22.6 Å². The maximum Gasteiger partial charge on any atom is 0.275 e. The van der Waals surface area contributed by atoms with E-state index >= 15 is 0 Å². The molecular formula is C21H21N3O2S. The first-order valence-electron chi connectivity index (χ1n) is 8.77. The summed E-state index contributed by atoms with van der Waals surface area (Å²) in [6, 6.07) is 21.0. The molecule has 0 spiro atoms. The van der Waals surface area contributed by atoms with Gasteiger partial charge in [-0.2, -0.15) is 5.10 Å². The molecule has 0 radical (unpaired) electrons. The predicted octanol–water partition coefficient (Wildman–Crippen LogP) is 3.45. The second-order valence-electron chi connectivity index (χ2n) is 6.02. The van der Waals surface area contributed by atoms with Crippen molar-refractivity contribution in [2.45, 2.75) is 18.2 Å². The molecule has 6 heteroatoms. The molecule has 0 saturated carbocycles. The number of aryl methyl sites for hydroxylation is 1. The number of hydrogen-bond donors (Lipinski definition) is 1. The van der Waals surface area contributed by atoms with Crippen molar-refractivity contribution < 1.29 is 4.79 Å². The van der Waals surface area contributed by atoms with Crippen LogP contribution in [0.4, 0.5) is 0 Å². The Morgan fingerprint density at radius 1 is 1.07 bits per heavy atom. The van der Waals surface area contributed by atoms with Gasteiger partial charge in [-0.15, -0.1) is 11.8 Å². The molecule has 2 aromatic carbocycles. The summed E-state index contributed by atoms with van der Waals surface area (Å²) in [5, 5.41) is 7.07. The van der Waals surface area contributed by atoms with Gasteiger partial charge >= 0.3 is 0 Å². The topological polar surface area (TPSA) is 64.0 Å². The summed E-state index contributed by atoms with van der Waals surface area (Å²) in [5.41, 5.74) is 1.04. The van der Waals surface area contributed by atoms with E-state index in [0.717, 1.165) is 17.9 Å². The van der Waals surface area contributed by atoms with Crippen molar-refractivity contribution in [3.63, 3.8) is 0 Å². The Balaban J connectivity index is 1.60. The maximum absolute atomic E-state index is 12.4. The molecule has 0 aliphatic rings. The Bertz CT molecular complexity index is 956. The van der Waals surface area contributed by atoms with Gasteiger partial charge in [0.25, 0.3) is 5.91 Å². The minimum Gasteiger partial charge on any atom is -0.350 e. The molecule has 0 unspecified atom stereocenters. The largest absolute Gasteiger partial charge is 0.350 e. The molecule has 27 heavy (non-hydrogen) atoms. The quantitative estimate of drug-likeness (QED) is 0.504. The third-order valence-corrected chi connectivity index (χ3v) is 5.04. The van der Waals surface area contributed by atoms with Gasteiger partial charge in [-0.3, -0.25) is 9.59 Å². The number of amides is 1. The predicted molar refractivity (Wildman–Crippen MR) is 109 cm³/mol. The minimum absolute atomic E-state index is 0.0832. The molecule has 138 valence electrons. The van der Waals surface area contributed by atoms with Crippen LogP contribution in [0, 0.1) is 6.92 Å². The van der Waals surface area contributed by atoms with Crippen molar-refractivity contribution in [3.05, 3.63) is 88.3 Å². The number of carbonyl (C=O) groups is 1. The summed E-state index contributed by atoms with van der Waals surface area (Å²) in [7, 11) is 0. The molecule has 0 bridgehead atoms. The fourth-order valence-corrected chi connectivity index (χ4v) is 3.47. The van der Waals surface area contributed by atoms with Crippen LogP contribution >= 0.6 is 11.8 Å². The Kier molecular flexibility index (Phi) is 6.44. The van der Waals surface area contributed by atoms with Gasteiger partial charge < -0.3 is 5.32 Å². The van der Waals surface area contributed by atoms with E-state index in [0.29, 0.717) is 12.2 Å². The molecule has 1 aromatic heterocycles. The monoisotopic (exact) mass is 379 g/mol. The SMILES string of the molecule is Cc1cc(=O)c(C(=O)NCCCSc2ccccc2)nn1-c1ccccc1. The van der Waals surface area contributed by atoms with Crippen molar-refractivity contribution in [3.8, 4) is 5.69 Å². The van der Waals surface area contributed by atoms with Gasteiger partial charge in [-0.25, -0.2) is 4.68 Å². The lowest BCUT2D eigenvalue weighted by molar-refractivity contribution is 0.0946. The molecule has 0 atom stereocenters. The molecule has 3 aromatic rings. The van der Waals surface area contributed by atoms with Gasteiger partial charge in [0, 0.05) is 23.2 Å². The smallest absolute Gasteiger partial charge is 0.275 e. The lowest BCUT2D eigenvalue weighted by atomic mass is 10.2. The summed E-state index contributed by atoms with van der Waals surface area (Å²) in [5.74, 6) is 0.453. The van der Waals surface area contributed by atoms with Gasteiger partial charge in [-0.05, 0) is 43.4 Å². The summed E-state index contributed by atoms with van der Waals surface area (Å²) in [6.45, 7) is 2.29. The van der Waals surface area contributed by atoms with E-state index in [9.17, 15) is 9.59 Å². The Morgan fingerprint density at radius 3 is 2.44 bits per heavy atom. The molecule has 0 aliphatic carbocycles. The highest BCUT2D eigenvalue weighted by Crippen LogP contribution is 2.17. The van der Waals surface area contributed by atoms with E-state index in [4.69, 9.17) is 0 Å². The molecule has 1 N–H and O–H groups in total. The van der Waals surface area contributed by atoms with Crippen LogP contribution in [-0.4, -0.2) is 28.0 Å². The Labute approximate surface area is 162 Å². The van der Waals surface area contributed by atoms with E-state index in [1.807, 2.05) is 48.5 Å². The van der Waals surface area contributed by atoms with Gasteiger partial charge in [0.2, 0.25) is 5.43 Å². The lowest BCUT2D eigenvalue weighted by Crippen LogP contribution is -2.32. The summed E-state index contributed by atoms with van der Waals surface area (Å²) in [6.07, 6.45) is 0.810. The second kappa shape index (κ2) is 9.19. The number of hydrogen-bond acceptors (Lipinski definition) is 4. The van der Waals surface area contributed by atoms with Crippen LogP contribution in [0.15, 0.2) is 76.4 Å². The van der Waals surface area contributed by atoms with Crippen molar-refractivity contribution >= 4 is 17.7 Å². The number of benzene rings is 2. The van der Waals surface area contributed by atoms with Crippen molar-refractivity contribution in [1.29, 1.82) is 0 Å². The average molecular weight is 379 g/mol. The van der Waals surface area contributed by atoms with Gasteiger partial charge in [-0.1, -0.05) is 36.4 Å². The molecule has 0 saturated heterocycles. The molecular weight excluding hydrogens is 358 g/mol. The van der Waals surface area contributed by atoms with Gasteiger partial charge in [0.05, 0.1) is 5.69 Å². The van der Waals surface area contributed by atoms with Crippen LogP contribution in [0.2, 0.25) is 0 Å². The molecule has 5 nitrogen and oxygen atoms in total. The van der Waals surface area contributed by atoms with Crippen molar-refractivity contribution in [2.75, 3.05) is 12.3 Å². The first kappa shape index (κ1) is 18.9. The number of carbonyl (C=O) groups excluding carboxylic acids is 1. The fourth-order valence-electron chi connectivity index (χ4n) is 2.60. The number of para-hydroxylation sites is 1. The van der Waals surface area contributed by atoms with E-state index < -0.39 is 5.91 Å². The summed E-state index contributed by atoms with van der Waals surface area (Å²) < 4.78 is 1.61. The second-order valence-corrected chi connectivity index (χ2v) is 7.19. The average Bonchev–Trinajstić information content (AvgIpc) is 2.69. The van der Waals surface area contributed by atoms with Crippen LogP contribution in [0.5, 0.6) is 0 Å². The van der Waals surface area contributed by atoms with Crippen LogP contribution in [-0.2, 0) is 0 Å². The highest BCUT2D eigenvalue weighted by atomic mass is 32.2. The molecule has 1 amide bonds. The van der Waals surface area contributed by atoms with Crippen LogP contribution < -0.4 is 10.7 Å². The fraction of sp³-hybridized carbons (Fsp3) is 0.190. The highest BCUT2D eigenvalue weighted by molar-refractivity contribution is 7.99. The Morgan fingerprint density at radius 2 is 1.74 bits per heavy atom. The van der Waals surface area contributed by atoms with Crippen LogP contribution in [0.25, 0.3) is 5.69 Å². The van der Waals surface area contributed by atoms with E-state index in [1.165, 1.54) is 11.0 Å². The van der Waals surface area contributed by atoms with Gasteiger partial charge in [0.1, 0.15) is 0 Å². The Hall–Kier alpha value is -2.86. The first-order valence-corrected chi connectivity index (χ1v) is 9.76.